The average Bonchev–Trinajstić information content (AvgIpc) is 2.26. The molecule has 0 aliphatic heterocycles. The van der Waals surface area contributed by atoms with Gasteiger partial charge in [0.2, 0.25) is 11.9 Å². The lowest BCUT2D eigenvalue weighted by atomic mass is 10.1. The van der Waals surface area contributed by atoms with E-state index < -0.39 is 0 Å². The minimum Gasteiger partial charge on any atom is -0.350 e. The molecule has 1 N–H and O–H groups in total. The monoisotopic (exact) mass is 314 g/mol. The summed E-state index contributed by atoms with van der Waals surface area (Å²) in [6.07, 6.45) is 3.32. The molecule has 0 fully saturated rings. The fourth-order valence-corrected chi connectivity index (χ4v) is 1.52. The number of halogens is 1. The summed E-state index contributed by atoms with van der Waals surface area (Å²) >= 11 is 3.28. The lowest BCUT2D eigenvalue weighted by Crippen LogP contribution is -2.50. The van der Waals surface area contributed by atoms with Crippen molar-refractivity contribution >= 4 is 27.8 Å². The van der Waals surface area contributed by atoms with Crippen molar-refractivity contribution in [2.45, 2.75) is 39.3 Å². The van der Waals surface area contributed by atoms with Crippen molar-refractivity contribution in [3.63, 3.8) is 0 Å². The molecule has 6 heteroatoms. The molecule has 1 rings (SSSR count). The summed E-state index contributed by atoms with van der Waals surface area (Å²) in [5.74, 6) is 0.478. The van der Waals surface area contributed by atoms with Crippen LogP contribution >= 0.6 is 15.9 Å². The maximum Gasteiger partial charge on any atom is 0.242 e. The number of hydrogen-bond acceptors (Lipinski definition) is 4. The molecule has 0 radical (unpaired) electrons. The van der Waals surface area contributed by atoms with E-state index in [1.807, 2.05) is 27.7 Å². The number of amides is 1. The summed E-state index contributed by atoms with van der Waals surface area (Å²) in [5.41, 5.74) is -0.243. The van der Waals surface area contributed by atoms with Gasteiger partial charge in [-0.05, 0) is 43.6 Å². The Morgan fingerprint density at radius 3 is 2.33 bits per heavy atom. The number of nitrogens with zero attached hydrogens (tertiary/aromatic N) is 3. The fourth-order valence-electron chi connectivity index (χ4n) is 1.31. The third-order valence-electron chi connectivity index (χ3n) is 2.38. The Bertz CT molecular complexity index is 413. The molecule has 5 nitrogen and oxygen atoms in total. The summed E-state index contributed by atoms with van der Waals surface area (Å²) in [5, 5.41) is 2.94. The van der Waals surface area contributed by atoms with E-state index in [0.29, 0.717) is 5.95 Å². The van der Waals surface area contributed by atoms with Crippen molar-refractivity contribution in [1.82, 2.24) is 15.3 Å². The van der Waals surface area contributed by atoms with Crippen molar-refractivity contribution in [2.24, 2.45) is 0 Å². The largest absolute Gasteiger partial charge is 0.350 e. The van der Waals surface area contributed by atoms with Crippen LogP contribution in [0.15, 0.2) is 16.9 Å². The first-order chi connectivity index (χ1) is 8.20. The number of nitrogens with one attached hydrogen (secondary N) is 1. The molecule has 1 aromatic heterocycles. The van der Waals surface area contributed by atoms with Crippen molar-refractivity contribution in [2.75, 3.05) is 11.9 Å². The van der Waals surface area contributed by atoms with Gasteiger partial charge in [0.1, 0.15) is 6.04 Å². The molecule has 0 saturated carbocycles. The number of anilines is 1. The predicted molar refractivity (Wildman–Crippen MR) is 75.5 cm³/mol. The molecule has 1 atom stereocenters. The lowest BCUT2D eigenvalue weighted by Gasteiger charge is -2.28. The van der Waals surface area contributed by atoms with Gasteiger partial charge in [-0.2, -0.15) is 0 Å². The van der Waals surface area contributed by atoms with Crippen LogP contribution < -0.4 is 10.2 Å². The maximum atomic E-state index is 12.0. The van der Waals surface area contributed by atoms with Crippen LogP contribution in [0.5, 0.6) is 0 Å². The van der Waals surface area contributed by atoms with E-state index in [4.69, 9.17) is 0 Å². The minimum absolute atomic E-state index is 0.0449. The van der Waals surface area contributed by atoms with Crippen LogP contribution in [-0.4, -0.2) is 34.5 Å². The van der Waals surface area contributed by atoms with Gasteiger partial charge in [0, 0.05) is 25.0 Å². The van der Waals surface area contributed by atoms with Gasteiger partial charge in [0.15, 0.2) is 0 Å². The predicted octanol–water partition coefficient (Wildman–Crippen LogP) is 1.98. The second kappa shape index (κ2) is 5.65. The number of carbonyl (C=O) groups is 1. The Hall–Kier alpha value is -1.17. The van der Waals surface area contributed by atoms with E-state index in [9.17, 15) is 4.79 Å². The molecule has 0 aliphatic rings. The SMILES string of the molecule is C[C@H](C(=O)NC(C)(C)C)N(C)c1ncc(Br)cn1. The second-order valence-corrected chi connectivity index (χ2v) is 6.14. The van der Waals surface area contributed by atoms with Crippen LogP contribution in [0.25, 0.3) is 0 Å². The first-order valence-corrected chi connectivity index (χ1v) is 6.52. The highest BCUT2D eigenvalue weighted by molar-refractivity contribution is 9.10. The quantitative estimate of drug-likeness (QED) is 0.926. The summed E-state index contributed by atoms with van der Waals surface area (Å²) in [7, 11) is 1.80. The molecule has 0 spiro atoms. The molecule has 0 aliphatic carbocycles. The molecule has 1 heterocycles. The standard InChI is InChI=1S/C12H19BrN4O/c1-8(10(18)16-12(2,3)4)17(5)11-14-6-9(13)7-15-11/h6-8H,1-5H3,(H,16,18)/t8-/m1/s1. The van der Waals surface area contributed by atoms with Crippen LogP contribution in [-0.2, 0) is 4.79 Å². The van der Waals surface area contributed by atoms with Crippen molar-refractivity contribution < 1.29 is 4.79 Å². The minimum atomic E-state index is -0.328. The zero-order valence-electron chi connectivity index (χ0n) is 11.4. The zero-order chi connectivity index (χ0) is 13.9. The van der Waals surface area contributed by atoms with Gasteiger partial charge < -0.3 is 10.2 Å². The molecule has 18 heavy (non-hydrogen) atoms. The van der Waals surface area contributed by atoms with E-state index in [-0.39, 0.29) is 17.5 Å². The average molecular weight is 315 g/mol. The lowest BCUT2D eigenvalue weighted by molar-refractivity contribution is -0.123. The van der Waals surface area contributed by atoms with E-state index >= 15 is 0 Å². The summed E-state index contributed by atoms with van der Waals surface area (Å²) < 4.78 is 0.812. The summed E-state index contributed by atoms with van der Waals surface area (Å²) in [6, 6.07) is -0.328. The summed E-state index contributed by atoms with van der Waals surface area (Å²) in [6.45, 7) is 7.68. The third kappa shape index (κ3) is 4.25. The highest BCUT2D eigenvalue weighted by Crippen LogP contribution is 2.12. The van der Waals surface area contributed by atoms with Crippen LogP contribution in [0.1, 0.15) is 27.7 Å². The molecule has 0 aromatic carbocycles. The van der Waals surface area contributed by atoms with Crippen LogP contribution in [0.4, 0.5) is 5.95 Å². The Balaban J connectivity index is 2.74. The van der Waals surface area contributed by atoms with Gasteiger partial charge in [-0.25, -0.2) is 9.97 Å². The van der Waals surface area contributed by atoms with Crippen molar-refractivity contribution in [3.8, 4) is 0 Å². The van der Waals surface area contributed by atoms with E-state index in [0.717, 1.165) is 4.47 Å². The normalized spacial score (nSPS) is 13.0. The van der Waals surface area contributed by atoms with E-state index in [2.05, 4.69) is 31.2 Å². The second-order valence-electron chi connectivity index (χ2n) is 5.23. The Morgan fingerprint density at radius 1 is 1.39 bits per heavy atom. The maximum absolute atomic E-state index is 12.0. The van der Waals surface area contributed by atoms with Gasteiger partial charge in [-0.15, -0.1) is 0 Å². The van der Waals surface area contributed by atoms with E-state index in [1.165, 1.54) is 0 Å². The highest BCUT2D eigenvalue weighted by atomic mass is 79.9. The smallest absolute Gasteiger partial charge is 0.242 e. The first-order valence-electron chi connectivity index (χ1n) is 5.73. The van der Waals surface area contributed by atoms with Gasteiger partial charge >= 0.3 is 0 Å². The number of likely N-dealkylation sites (N-methyl/N-ethyl adjacent to an activating group) is 1. The molecule has 100 valence electrons. The van der Waals surface area contributed by atoms with Gasteiger partial charge in [-0.1, -0.05) is 0 Å². The Morgan fingerprint density at radius 2 is 1.89 bits per heavy atom. The molecule has 1 amide bonds. The number of rotatable bonds is 3. The number of hydrogen-bond donors (Lipinski definition) is 1. The Labute approximate surface area is 116 Å². The molecule has 1 aromatic rings. The van der Waals surface area contributed by atoms with Gasteiger partial charge in [0.25, 0.3) is 0 Å². The molecular weight excluding hydrogens is 296 g/mol. The van der Waals surface area contributed by atoms with Crippen LogP contribution in [0, 0.1) is 0 Å². The third-order valence-corrected chi connectivity index (χ3v) is 2.79. The van der Waals surface area contributed by atoms with Gasteiger partial charge in [-0.3, -0.25) is 4.79 Å². The first kappa shape index (κ1) is 14.9. The van der Waals surface area contributed by atoms with E-state index in [1.54, 1.807) is 24.3 Å². The molecule has 0 saturated heterocycles. The Kier molecular flexibility index (Phi) is 4.67. The highest BCUT2D eigenvalue weighted by Gasteiger charge is 2.23. The van der Waals surface area contributed by atoms with Crippen molar-refractivity contribution in [1.29, 1.82) is 0 Å². The number of carbonyl (C=O) groups excluding carboxylic acids is 1. The van der Waals surface area contributed by atoms with Crippen LogP contribution in [0.3, 0.4) is 0 Å². The summed E-state index contributed by atoms with van der Waals surface area (Å²) in [4.78, 5) is 22.1. The fraction of sp³-hybridized carbons (Fsp3) is 0.583. The van der Waals surface area contributed by atoms with Gasteiger partial charge in [0.05, 0.1) is 4.47 Å². The zero-order valence-corrected chi connectivity index (χ0v) is 12.9. The molecular formula is C12H19BrN4O. The van der Waals surface area contributed by atoms with Crippen molar-refractivity contribution in [3.05, 3.63) is 16.9 Å². The molecule has 0 bridgehead atoms. The number of aromatic nitrogens is 2. The molecule has 0 unspecified atom stereocenters. The van der Waals surface area contributed by atoms with Crippen LogP contribution in [0.2, 0.25) is 0 Å². The topological polar surface area (TPSA) is 58.1 Å².